The first-order chi connectivity index (χ1) is 6.29. The fourth-order valence-corrected chi connectivity index (χ4v) is 0.419. The number of methoxy groups -OCH3 is 1. The minimum absolute atomic E-state index is 0.316. The molecule has 3 nitrogen and oxygen atoms in total. The number of hydrogen-bond acceptors (Lipinski definition) is 3. The molecule has 0 atom stereocenters. The zero-order chi connectivity index (χ0) is 10.9. The van der Waals surface area contributed by atoms with Gasteiger partial charge in [0.05, 0.1) is 13.9 Å². The van der Waals surface area contributed by atoms with Crippen molar-refractivity contribution in [3.8, 4) is 6.01 Å². The first-order valence-corrected chi connectivity index (χ1v) is 2.37. The van der Waals surface area contributed by atoms with E-state index in [0.29, 0.717) is 0 Å². The van der Waals surface area contributed by atoms with Crippen molar-refractivity contribution in [2.24, 2.45) is 0 Å². The fraction of sp³-hybridized carbons (Fsp3) is 0.200. The molecule has 0 spiro atoms. The summed E-state index contributed by atoms with van der Waals surface area (Å²) >= 11 is 5.43. The van der Waals surface area contributed by atoms with E-state index in [1.165, 1.54) is 0 Å². The van der Waals surface area contributed by atoms with Crippen LogP contribution in [0, 0.1) is 0 Å². The molecule has 1 aromatic rings. The molecule has 0 aliphatic rings. The highest BCUT2D eigenvalue weighted by molar-refractivity contribution is 6.29. The number of nitrogens with zero attached hydrogens (tertiary/aromatic N) is 2. The molecule has 0 bridgehead atoms. The van der Waals surface area contributed by atoms with Crippen LogP contribution in [0.25, 0.3) is 0 Å². The van der Waals surface area contributed by atoms with Gasteiger partial charge in [0.15, 0.2) is 0 Å². The van der Waals surface area contributed by atoms with Gasteiger partial charge in [0.2, 0.25) is 0 Å². The summed E-state index contributed by atoms with van der Waals surface area (Å²) in [5.41, 5.74) is 0. The highest BCUT2D eigenvalue weighted by Crippen LogP contribution is 2.05. The van der Waals surface area contributed by atoms with Crippen molar-refractivity contribution in [2.45, 2.75) is 0 Å². The van der Waals surface area contributed by atoms with Crippen LogP contribution in [0.4, 0.5) is 0 Å². The van der Waals surface area contributed by atoms with Crippen molar-refractivity contribution in [3.63, 3.8) is 0 Å². The second-order valence-corrected chi connectivity index (χ2v) is 1.49. The molecule has 0 unspecified atom stereocenters. The maximum absolute atomic E-state index is 7.13. The van der Waals surface area contributed by atoms with Gasteiger partial charge >= 0.3 is 6.01 Å². The molecular formula is C5H5ClN2O. The minimum atomic E-state index is -2.70. The van der Waals surface area contributed by atoms with Crippen LogP contribution < -0.4 is 4.74 Å². The molecule has 0 amide bonds. The third-order valence-corrected chi connectivity index (χ3v) is 0.775. The Kier molecular flexibility index (Phi) is 0.710. The molecule has 1 heterocycles. The van der Waals surface area contributed by atoms with E-state index in [4.69, 9.17) is 18.5 Å². The summed E-state index contributed by atoms with van der Waals surface area (Å²) in [6.07, 6.45) is -0.482. The van der Waals surface area contributed by atoms with E-state index in [1.54, 1.807) is 0 Å². The van der Waals surface area contributed by atoms with Crippen LogP contribution in [0.3, 0.4) is 0 Å². The maximum Gasteiger partial charge on any atom is 0.317 e. The van der Waals surface area contributed by atoms with Gasteiger partial charge in [-0.1, -0.05) is 11.6 Å². The molecule has 4 heteroatoms. The Balaban J connectivity index is 3.02. The van der Waals surface area contributed by atoms with Gasteiger partial charge in [-0.05, 0) is 6.04 Å². The molecule has 0 saturated carbocycles. The van der Waals surface area contributed by atoms with E-state index in [9.17, 15) is 0 Å². The normalized spacial score (nSPS) is 18.6. The van der Waals surface area contributed by atoms with Crippen molar-refractivity contribution >= 4 is 11.6 Å². The van der Waals surface area contributed by atoms with Gasteiger partial charge in [-0.3, -0.25) is 0 Å². The minimum Gasteiger partial charge on any atom is -0.467 e. The van der Waals surface area contributed by atoms with Gasteiger partial charge in [-0.2, -0.15) is 4.98 Å². The summed E-state index contributed by atoms with van der Waals surface area (Å²) in [5.74, 6) is 0. The predicted molar refractivity (Wildman–Crippen MR) is 33.6 cm³/mol. The SMILES string of the molecule is [2H]c1nc(OC([2H])([2H])[2H])nc(Cl)c1[2H]. The molecule has 0 radical (unpaired) electrons. The third-order valence-electron chi connectivity index (χ3n) is 0.596. The van der Waals surface area contributed by atoms with Gasteiger partial charge in [-0.15, -0.1) is 0 Å². The molecule has 9 heavy (non-hydrogen) atoms. The predicted octanol–water partition coefficient (Wildman–Crippen LogP) is 1.14. The van der Waals surface area contributed by atoms with Crippen LogP contribution in [0.15, 0.2) is 12.2 Å². The summed E-state index contributed by atoms with van der Waals surface area (Å²) in [4.78, 5) is 6.70. The average molecular weight is 150 g/mol. The summed E-state index contributed by atoms with van der Waals surface area (Å²) < 4.78 is 38.8. The quantitative estimate of drug-likeness (QED) is 0.562. The van der Waals surface area contributed by atoms with E-state index in [1.807, 2.05) is 0 Å². The van der Waals surface area contributed by atoms with Crippen molar-refractivity contribution in [1.82, 2.24) is 9.97 Å². The lowest BCUT2D eigenvalue weighted by molar-refractivity contribution is 0.380. The molecule has 0 N–H and O–H groups in total. The van der Waals surface area contributed by atoms with E-state index < -0.39 is 19.2 Å². The lowest BCUT2D eigenvalue weighted by Gasteiger charge is -1.93. The Labute approximate surface area is 64.7 Å². The van der Waals surface area contributed by atoms with Crippen LogP contribution in [-0.2, 0) is 0 Å². The van der Waals surface area contributed by atoms with Gasteiger partial charge in [0.1, 0.15) is 5.15 Å². The molecule has 1 rings (SSSR count). The highest BCUT2D eigenvalue weighted by atomic mass is 35.5. The number of rotatable bonds is 1. The fourth-order valence-electron chi connectivity index (χ4n) is 0.304. The lowest BCUT2D eigenvalue weighted by atomic mass is 10.7. The van der Waals surface area contributed by atoms with Crippen LogP contribution in [0.2, 0.25) is 5.15 Å². The molecule has 0 aliphatic heterocycles. The highest BCUT2D eigenvalue weighted by Gasteiger charge is 1.92. The largest absolute Gasteiger partial charge is 0.467 e. The average Bonchev–Trinajstić information content (AvgIpc) is 1.96. The molecule has 1 aromatic heterocycles. The lowest BCUT2D eigenvalue weighted by Crippen LogP contribution is -1.89. The molecular weight excluding hydrogens is 140 g/mol. The van der Waals surface area contributed by atoms with Gasteiger partial charge in [0.25, 0.3) is 0 Å². The van der Waals surface area contributed by atoms with E-state index in [0.717, 1.165) is 0 Å². The molecule has 0 aliphatic carbocycles. The van der Waals surface area contributed by atoms with Crippen molar-refractivity contribution < 1.29 is 11.6 Å². The number of hydrogen-bond donors (Lipinski definition) is 0. The standard InChI is InChI=1S/C5H5ClN2O/c1-9-5-7-3-2-4(6)8-5/h2-3H,1H3/i1D3,2D,3D. The summed E-state index contributed by atoms with van der Waals surface area (Å²) in [6, 6.07) is -0.902. The smallest absolute Gasteiger partial charge is 0.317 e. The number of halogens is 1. The van der Waals surface area contributed by atoms with Gasteiger partial charge < -0.3 is 4.74 Å². The van der Waals surface area contributed by atoms with Crippen LogP contribution in [0.1, 0.15) is 6.85 Å². The van der Waals surface area contributed by atoms with E-state index in [-0.39, 0.29) is 11.2 Å². The first kappa shape index (κ1) is 2.42. The summed E-state index contributed by atoms with van der Waals surface area (Å²) in [6.45, 7) is 0. The van der Waals surface area contributed by atoms with Gasteiger partial charge in [0, 0.05) is 6.17 Å². The third kappa shape index (κ3) is 1.54. The second-order valence-electron chi connectivity index (χ2n) is 1.14. The zero-order valence-corrected chi connectivity index (χ0v) is 4.94. The molecule has 0 saturated heterocycles. The number of ether oxygens (including phenoxy) is 1. The Morgan fingerprint density at radius 3 is 3.56 bits per heavy atom. The number of aromatic nitrogens is 2. The van der Waals surface area contributed by atoms with Crippen molar-refractivity contribution in [2.75, 3.05) is 7.04 Å². The Bertz CT molecular complexity index is 331. The Hall–Kier alpha value is -0.830. The van der Waals surface area contributed by atoms with E-state index >= 15 is 0 Å². The monoisotopic (exact) mass is 149 g/mol. The summed E-state index contributed by atoms with van der Waals surface area (Å²) in [7, 11) is -2.70. The topological polar surface area (TPSA) is 35.0 Å². The van der Waals surface area contributed by atoms with Crippen LogP contribution >= 0.6 is 11.6 Å². The summed E-state index contributed by atoms with van der Waals surface area (Å²) in [5, 5.41) is -0.316. The van der Waals surface area contributed by atoms with Crippen molar-refractivity contribution in [1.29, 1.82) is 0 Å². The van der Waals surface area contributed by atoms with Crippen molar-refractivity contribution in [3.05, 3.63) is 17.4 Å². The van der Waals surface area contributed by atoms with Crippen LogP contribution in [-0.4, -0.2) is 17.0 Å². The van der Waals surface area contributed by atoms with Crippen LogP contribution in [0.5, 0.6) is 6.01 Å². The zero-order valence-electron chi connectivity index (χ0n) is 9.18. The molecule has 0 fully saturated rings. The molecule has 0 aromatic carbocycles. The Morgan fingerprint density at radius 1 is 2.00 bits per heavy atom. The maximum atomic E-state index is 7.13. The molecule has 48 valence electrons. The Morgan fingerprint density at radius 2 is 2.89 bits per heavy atom. The first-order valence-electron chi connectivity index (χ1n) is 4.49. The second kappa shape index (κ2) is 2.64. The van der Waals surface area contributed by atoms with Gasteiger partial charge in [-0.25, -0.2) is 4.98 Å². The van der Waals surface area contributed by atoms with E-state index in [2.05, 4.69) is 14.7 Å².